The van der Waals surface area contributed by atoms with Gasteiger partial charge in [-0.05, 0) is 68.2 Å². The number of fused-ring (bicyclic) bond motifs is 2. The van der Waals surface area contributed by atoms with Crippen LogP contribution in [0.5, 0.6) is 5.75 Å². The minimum absolute atomic E-state index is 0.000836. The molecular formula is C32H29FN8O2. The first-order valence-corrected chi connectivity index (χ1v) is 14.2. The predicted molar refractivity (Wildman–Crippen MR) is 163 cm³/mol. The van der Waals surface area contributed by atoms with E-state index in [-0.39, 0.29) is 5.91 Å². The van der Waals surface area contributed by atoms with Crippen LogP contribution >= 0.6 is 0 Å². The van der Waals surface area contributed by atoms with Crippen molar-refractivity contribution in [3.8, 4) is 39.5 Å². The average molecular weight is 577 g/mol. The topological polar surface area (TPSA) is 134 Å². The van der Waals surface area contributed by atoms with Crippen LogP contribution in [0, 0.1) is 11.7 Å². The minimum atomic E-state index is -0.402. The van der Waals surface area contributed by atoms with Gasteiger partial charge in [0.05, 0.1) is 30.4 Å². The summed E-state index contributed by atoms with van der Waals surface area (Å²) in [4.78, 5) is 29.6. The molecule has 0 aliphatic carbocycles. The van der Waals surface area contributed by atoms with Gasteiger partial charge < -0.3 is 20.4 Å². The molecule has 0 spiro atoms. The maximum Gasteiger partial charge on any atom is 0.224 e. The fraction of sp³-hybridized carbons (Fsp3) is 0.219. The van der Waals surface area contributed by atoms with E-state index in [4.69, 9.17) is 4.74 Å². The number of hydrogen-bond acceptors (Lipinski definition) is 7. The number of carbonyl (C=O) groups excluding carboxylic acids is 1. The molecule has 1 aliphatic rings. The van der Waals surface area contributed by atoms with Gasteiger partial charge in [0.15, 0.2) is 5.65 Å². The molecule has 6 aromatic rings. The number of methoxy groups -OCH3 is 1. The molecule has 0 bridgehead atoms. The molecule has 1 aliphatic heterocycles. The summed E-state index contributed by atoms with van der Waals surface area (Å²) in [6, 6.07) is 12.3. The SMILES string of the molecule is COc1cc(F)cc(-c2nccc3[nH]c(-c4n[nH]c5ncc(-c6cncc(NC(=O)CC7CCNCC7)c6)cc45)cc23)c1. The number of anilines is 1. The van der Waals surface area contributed by atoms with E-state index in [9.17, 15) is 9.18 Å². The third-order valence-corrected chi connectivity index (χ3v) is 7.89. The van der Waals surface area contributed by atoms with Gasteiger partial charge in [0.2, 0.25) is 5.91 Å². The van der Waals surface area contributed by atoms with Gasteiger partial charge in [0.25, 0.3) is 0 Å². The van der Waals surface area contributed by atoms with Gasteiger partial charge in [-0.1, -0.05) is 0 Å². The maximum absolute atomic E-state index is 14.3. The van der Waals surface area contributed by atoms with Crippen LogP contribution in [0.1, 0.15) is 19.3 Å². The molecule has 6 heterocycles. The Kier molecular flexibility index (Phi) is 6.99. The molecule has 1 saturated heterocycles. The lowest BCUT2D eigenvalue weighted by Gasteiger charge is -2.21. The van der Waals surface area contributed by atoms with Crippen molar-refractivity contribution in [3.05, 3.63) is 73.1 Å². The Morgan fingerprint density at radius 2 is 1.84 bits per heavy atom. The number of hydrogen-bond donors (Lipinski definition) is 4. The second-order valence-corrected chi connectivity index (χ2v) is 10.8. The molecular weight excluding hydrogens is 547 g/mol. The molecule has 1 amide bonds. The van der Waals surface area contributed by atoms with Gasteiger partial charge in [-0.25, -0.2) is 9.37 Å². The summed E-state index contributed by atoms with van der Waals surface area (Å²) >= 11 is 0. The summed E-state index contributed by atoms with van der Waals surface area (Å²) in [6.07, 6.45) is 9.38. The molecule has 11 heteroatoms. The van der Waals surface area contributed by atoms with Crippen molar-refractivity contribution in [2.75, 3.05) is 25.5 Å². The third kappa shape index (κ3) is 5.42. The monoisotopic (exact) mass is 576 g/mol. The molecule has 0 atom stereocenters. The molecule has 0 saturated carbocycles. The molecule has 4 N–H and O–H groups in total. The van der Waals surface area contributed by atoms with E-state index < -0.39 is 5.82 Å². The van der Waals surface area contributed by atoms with Gasteiger partial charge in [0.1, 0.15) is 17.3 Å². The summed E-state index contributed by atoms with van der Waals surface area (Å²) in [5.74, 6) is 0.416. The summed E-state index contributed by atoms with van der Waals surface area (Å²) in [5, 5.41) is 15.5. The number of amides is 1. The first kappa shape index (κ1) is 26.7. The van der Waals surface area contributed by atoms with E-state index in [1.165, 1.54) is 19.2 Å². The number of nitrogens with zero attached hydrogens (tertiary/aromatic N) is 4. The molecule has 1 aromatic carbocycles. The molecule has 5 aromatic heterocycles. The molecule has 7 rings (SSSR count). The zero-order chi connectivity index (χ0) is 29.3. The lowest BCUT2D eigenvalue weighted by Crippen LogP contribution is -2.30. The van der Waals surface area contributed by atoms with E-state index in [0.29, 0.717) is 46.4 Å². The first-order valence-electron chi connectivity index (χ1n) is 14.2. The summed E-state index contributed by atoms with van der Waals surface area (Å²) in [6.45, 7) is 1.92. The van der Waals surface area contributed by atoms with Crippen molar-refractivity contribution in [1.82, 2.24) is 35.5 Å². The van der Waals surface area contributed by atoms with E-state index >= 15 is 0 Å². The Balaban J connectivity index is 1.20. The fourth-order valence-electron chi connectivity index (χ4n) is 5.72. The number of benzene rings is 1. The molecule has 10 nitrogen and oxygen atoms in total. The molecule has 216 valence electrons. The minimum Gasteiger partial charge on any atom is -0.497 e. The van der Waals surface area contributed by atoms with Gasteiger partial charge in [-0.3, -0.25) is 19.9 Å². The lowest BCUT2D eigenvalue weighted by molar-refractivity contribution is -0.117. The normalized spacial score (nSPS) is 13.9. The predicted octanol–water partition coefficient (Wildman–Crippen LogP) is 5.71. The van der Waals surface area contributed by atoms with Crippen LogP contribution in [0.4, 0.5) is 10.1 Å². The van der Waals surface area contributed by atoms with Crippen LogP contribution in [0.25, 0.3) is 55.7 Å². The summed E-state index contributed by atoms with van der Waals surface area (Å²) in [7, 11) is 1.50. The standard InChI is InChI=1S/C32H29FN8O2/c1-43-24-11-19(9-22(33)13-24)30-25-14-28(39-27(25)4-7-36-30)31-26-12-21(16-37-32(26)41-40-31)20-10-23(17-35-15-20)38-29(42)8-18-2-5-34-6-3-18/h4,7,9-18,34,39H,2-3,5-6,8H2,1H3,(H,38,42)(H,37,40,41). The van der Waals surface area contributed by atoms with E-state index in [0.717, 1.165) is 59.0 Å². The fourth-order valence-corrected chi connectivity index (χ4v) is 5.72. The van der Waals surface area contributed by atoms with Crippen molar-refractivity contribution in [1.29, 1.82) is 0 Å². The number of pyridine rings is 3. The number of aromatic amines is 2. The Labute approximate surface area is 246 Å². The summed E-state index contributed by atoms with van der Waals surface area (Å²) in [5.41, 5.74) is 6.45. The Morgan fingerprint density at radius 1 is 0.977 bits per heavy atom. The quantitative estimate of drug-likeness (QED) is 0.191. The smallest absolute Gasteiger partial charge is 0.224 e. The third-order valence-electron chi connectivity index (χ3n) is 7.89. The highest BCUT2D eigenvalue weighted by atomic mass is 19.1. The number of piperidine rings is 1. The van der Waals surface area contributed by atoms with Crippen molar-refractivity contribution in [3.63, 3.8) is 0 Å². The highest BCUT2D eigenvalue weighted by Crippen LogP contribution is 2.35. The van der Waals surface area contributed by atoms with Gasteiger partial charge in [-0.2, -0.15) is 5.10 Å². The van der Waals surface area contributed by atoms with Crippen LogP contribution in [-0.4, -0.2) is 56.2 Å². The number of ether oxygens (including phenoxy) is 1. The zero-order valence-electron chi connectivity index (χ0n) is 23.4. The van der Waals surface area contributed by atoms with Crippen LogP contribution in [0.3, 0.4) is 0 Å². The largest absolute Gasteiger partial charge is 0.497 e. The highest BCUT2D eigenvalue weighted by molar-refractivity contribution is 6.00. The second kappa shape index (κ2) is 11.3. The number of aromatic nitrogens is 6. The van der Waals surface area contributed by atoms with E-state index in [2.05, 4.69) is 40.8 Å². The second-order valence-electron chi connectivity index (χ2n) is 10.8. The molecule has 0 unspecified atom stereocenters. The van der Waals surface area contributed by atoms with E-state index in [1.54, 1.807) is 30.9 Å². The Morgan fingerprint density at radius 3 is 2.70 bits per heavy atom. The van der Waals surface area contributed by atoms with Gasteiger partial charge in [0, 0.05) is 64.1 Å². The maximum atomic E-state index is 14.3. The van der Waals surface area contributed by atoms with Crippen LogP contribution in [0.15, 0.2) is 67.3 Å². The Bertz CT molecular complexity index is 1960. The number of H-pyrrole nitrogens is 2. The number of carbonyl (C=O) groups is 1. The van der Waals surface area contributed by atoms with Crippen molar-refractivity contribution in [2.45, 2.75) is 19.3 Å². The van der Waals surface area contributed by atoms with E-state index in [1.807, 2.05) is 24.3 Å². The summed E-state index contributed by atoms with van der Waals surface area (Å²) < 4.78 is 19.6. The zero-order valence-corrected chi connectivity index (χ0v) is 23.4. The van der Waals surface area contributed by atoms with Crippen molar-refractivity contribution >= 4 is 33.5 Å². The highest BCUT2D eigenvalue weighted by Gasteiger charge is 2.18. The first-order chi connectivity index (χ1) is 21.0. The van der Waals surface area contributed by atoms with Crippen molar-refractivity contribution < 1.29 is 13.9 Å². The van der Waals surface area contributed by atoms with Gasteiger partial charge >= 0.3 is 0 Å². The molecule has 0 radical (unpaired) electrons. The number of rotatable bonds is 7. The average Bonchev–Trinajstić information content (AvgIpc) is 3.65. The molecule has 1 fully saturated rings. The molecule has 43 heavy (non-hydrogen) atoms. The number of nitrogens with one attached hydrogen (secondary N) is 4. The van der Waals surface area contributed by atoms with Crippen molar-refractivity contribution in [2.24, 2.45) is 5.92 Å². The van der Waals surface area contributed by atoms with Crippen LogP contribution in [0.2, 0.25) is 0 Å². The lowest BCUT2D eigenvalue weighted by atomic mass is 9.94. The van der Waals surface area contributed by atoms with Crippen LogP contribution in [-0.2, 0) is 4.79 Å². The van der Waals surface area contributed by atoms with Gasteiger partial charge in [-0.15, -0.1) is 0 Å². The number of halogens is 1. The Hall–Kier alpha value is -5.16. The van der Waals surface area contributed by atoms with Crippen LogP contribution < -0.4 is 15.4 Å².